The molecule has 116 valence electrons. The highest BCUT2D eigenvalue weighted by atomic mass is 32.2. The number of aromatic nitrogens is 1. The first-order chi connectivity index (χ1) is 11.2. The second-order valence-electron chi connectivity index (χ2n) is 4.86. The molecule has 5 nitrogen and oxygen atoms in total. The molecule has 0 saturated carbocycles. The van der Waals surface area contributed by atoms with Crippen LogP contribution in [0.15, 0.2) is 63.1 Å². The second kappa shape index (κ2) is 7.11. The maximum atomic E-state index is 11.9. The van der Waals surface area contributed by atoms with Crippen LogP contribution in [-0.4, -0.2) is 22.9 Å². The summed E-state index contributed by atoms with van der Waals surface area (Å²) < 4.78 is 5.33. The van der Waals surface area contributed by atoms with Gasteiger partial charge in [0.15, 0.2) is 0 Å². The number of amides is 1. The number of pyridine rings is 1. The van der Waals surface area contributed by atoms with E-state index in [0.717, 1.165) is 21.6 Å². The number of nitrogens with one attached hydrogen (secondary N) is 1. The molecule has 0 aliphatic carbocycles. The van der Waals surface area contributed by atoms with Crippen LogP contribution < -0.4 is 5.43 Å². The third-order valence-corrected chi connectivity index (χ3v) is 4.14. The Morgan fingerprint density at radius 3 is 3.00 bits per heavy atom. The fourth-order valence-electron chi connectivity index (χ4n) is 2.06. The molecule has 23 heavy (non-hydrogen) atoms. The summed E-state index contributed by atoms with van der Waals surface area (Å²) in [5.74, 6) is 1.50. The predicted octanol–water partition coefficient (Wildman–Crippen LogP) is 3.38. The molecule has 6 heteroatoms. The van der Waals surface area contributed by atoms with Crippen LogP contribution in [0.4, 0.5) is 0 Å². The van der Waals surface area contributed by atoms with Crippen LogP contribution >= 0.6 is 11.8 Å². The van der Waals surface area contributed by atoms with Crippen molar-refractivity contribution in [3.05, 3.63) is 60.2 Å². The van der Waals surface area contributed by atoms with E-state index < -0.39 is 0 Å². The Morgan fingerprint density at radius 2 is 2.17 bits per heavy atom. The Labute approximate surface area is 137 Å². The summed E-state index contributed by atoms with van der Waals surface area (Å²) in [4.78, 5) is 17.2. The summed E-state index contributed by atoms with van der Waals surface area (Å²) >= 11 is 1.44. The zero-order valence-corrected chi connectivity index (χ0v) is 13.3. The highest BCUT2D eigenvalue weighted by molar-refractivity contribution is 8.00. The van der Waals surface area contributed by atoms with Gasteiger partial charge in [0.2, 0.25) is 5.91 Å². The first-order valence-corrected chi connectivity index (χ1v) is 8.06. The number of nitrogens with zero attached hydrogens (tertiary/aromatic N) is 2. The second-order valence-corrected chi connectivity index (χ2v) is 5.88. The minimum atomic E-state index is -0.178. The first-order valence-electron chi connectivity index (χ1n) is 7.07. The molecule has 0 saturated heterocycles. The number of carbonyl (C=O) groups excluding carboxylic acids is 1. The van der Waals surface area contributed by atoms with E-state index in [4.69, 9.17) is 4.42 Å². The number of carbonyl (C=O) groups is 1. The van der Waals surface area contributed by atoms with Crippen LogP contribution in [-0.2, 0) is 4.79 Å². The van der Waals surface area contributed by atoms with Crippen molar-refractivity contribution in [2.45, 2.75) is 11.8 Å². The SMILES string of the molecule is Cc1ccc(/C=N\NC(=O)CSc2cccc3cccnc23)o1. The lowest BCUT2D eigenvalue weighted by Crippen LogP contribution is -2.19. The summed E-state index contributed by atoms with van der Waals surface area (Å²) in [5, 5.41) is 4.94. The van der Waals surface area contributed by atoms with Crippen LogP contribution in [0.2, 0.25) is 0 Å². The lowest BCUT2D eigenvalue weighted by atomic mass is 10.2. The highest BCUT2D eigenvalue weighted by Gasteiger charge is 2.06. The van der Waals surface area contributed by atoms with Gasteiger partial charge in [-0.05, 0) is 31.2 Å². The number of aryl methyl sites for hydroxylation is 1. The molecule has 0 spiro atoms. The molecule has 3 rings (SSSR count). The third kappa shape index (κ3) is 3.98. The number of hydrazone groups is 1. The van der Waals surface area contributed by atoms with Gasteiger partial charge in [-0.1, -0.05) is 18.2 Å². The number of para-hydroxylation sites is 1. The van der Waals surface area contributed by atoms with Crippen molar-refractivity contribution in [3.8, 4) is 0 Å². The summed E-state index contributed by atoms with van der Waals surface area (Å²) in [5.41, 5.74) is 3.39. The Hall–Kier alpha value is -2.60. The number of hydrogen-bond donors (Lipinski definition) is 1. The number of benzene rings is 1. The van der Waals surface area contributed by atoms with Crippen LogP contribution in [0.25, 0.3) is 10.9 Å². The van der Waals surface area contributed by atoms with Gasteiger partial charge < -0.3 is 4.42 Å². The summed E-state index contributed by atoms with van der Waals surface area (Å²) in [7, 11) is 0. The maximum Gasteiger partial charge on any atom is 0.250 e. The van der Waals surface area contributed by atoms with Crippen molar-refractivity contribution < 1.29 is 9.21 Å². The number of thioether (sulfide) groups is 1. The number of furan rings is 1. The van der Waals surface area contributed by atoms with Gasteiger partial charge in [-0.15, -0.1) is 11.8 Å². The zero-order chi connectivity index (χ0) is 16.1. The topological polar surface area (TPSA) is 67.5 Å². The summed E-state index contributed by atoms with van der Waals surface area (Å²) in [6.45, 7) is 1.85. The van der Waals surface area contributed by atoms with Crippen LogP contribution in [0, 0.1) is 6.92 Å². The molecule has 3 aromatic rings. The van der Waals surface area contributed by atoms with Gasteiger partial charge in [-0.25, -0.2) is 5.43 Å². The Morgan fingerprint density at radius 1 is 1.30 bits per heavy atom. The van der Waals surface area contributed by atoms with Crippen molar-refractivity contribution >= 4 is 34.8 Å². The highest BCUT2D eigenvalue weighted by Crippen LogP contribution is 2.25. The normalized spacial score (nSPS) is 11.2. The molecule has 1 aromatic carbocycles. The summed E-state index contributed by atoms with van der Waals surface area (Å²) in [6, 6.07) is 13.5. The molecular formula is C17H15N3O2S. The fourth-order valence-corrected chi connectivity index (χ4v) is 2.89. The molecule has 1 amide bonds. The van der Waals surface area contributed by atoms with E-state index in [2.05, 4.69) is 15.5 Å². The number of hydrogen-bond acceptors (Lipinski definition) is 5. The smallest absolute Gasteiger partial charge is 0.250 e. The lowest BCUT2D eigenvalue weighted by molar-refractivity contribution is -0.118. The van der Waals surface area contributed by atoms with E-state index >= 15 is 0 Å². The van der Waals surface area contributed by atoms with Gasteiger partial charge in [0.25, 0.3) is 0 Å². The third-order valence-electron chi connectivity index (χ3n) is 3.10. The molecular weight excluding hydrogens is 310 g/mol. The van der Waals surface area contributed by atoms with E-state index in [1.165, 1.54) is 18.0 Å². The molecule has 1 N–H and O–H groups in total. The van der Waals surface area contributed by atoms with Gasteiger partial charge in [0, 0.05) is 16.5 Å². The van der Waals surface area contributed by atoms with Crippen molar-refractivity contribution in [1.82, 2.24) is 10.4 Å². The van der Waals surface area contributed by atoms with Crippen molar-refractivity contribution in [2.24, 2.45) is 5.10 Å². The Balaban J connectivity index is 1.57. The maximum absolute atomic E-state index is 11.9. The molecule has 0 radical (unpaired) electrons. The molecule has 0 aliphatic rings. The van der Waals surface area contributed by atoms with E-state index in [0.29, 0.717) is 5.76 Å². The quantitative estimate of drug-likeness (QED) is 0.444. The predicted molar refractivity (Wildman–Crippen MR) is 91.6 cm³/mol. The average molecular weight is 325 g/mol. The molecule has 0 aliphatic heterocycles. The molecule has 2 aromatic heterocycles. The van der Waals surface area contributed by atoms with E-state index in [-0.39, 0.29) is 11.7 Å². The minimum absolute atomic E-state index is 0.178. The first kappa shape index (κ1) is 15.3. The molecule has 2 heterocycles. The Bertz CT molecular complexity index is 852. The van der Waals surface area contributed by atoms with Gasteiger partial charge in [-0.2, -0.15) is 5.10 Å². The monoisotopic (exact) mass is 325 g/mol. The fraction of sp³-hybridized carbons (Fsp3) is 0.118. The van der Waals surface area contributed by atoms with Crippen molar-refractivity contribution in [3.63, 3.8) is 0 Å². The van der Waals surface area contributed by atoms with Crippen LogP contribution in [0.5, 0.6) is 0 Å². The largest absolute Gasteiger partial charge is 0.460 e. The van der Waals surface area contributed by atoms with Gasteiger partial charge in [-0.3, -0.25) is 9.78 Å². The van der Waals surface area contributed by atoms with E-state index in [1.54, 1.807) is 12.3 Å². The van der Waals surface area contributed by atoms with Crippen molar-refractivity contribution in [1.29, 1.82) is 0 Å². The molecule has 0 bridgehead atoms. The molecule has 0 fully saturated rings. The zero-order valence-electron chi connectivity index (χ0n) is 12.5. The lowest BCUT2D eigenvalue weighted by Gasteiger charge is -2.04. The van der Waals surface area contributed by atoms with E-state index in [1.807, 2.05) is 43.3 Å². The Kier molecular flexibility index (Phi) is 4.73. The molecule has 0 atom stereocenters. The average Bonchev–Trinajstić information content (AvgIpc) is 2.98. The van der Waals surface area contributed by atoms with Gasteiger partial charge in [0.1, 0.15) is 11.5 Å². The van der Waals surface area contributed by atoms with E-state index in [9.17, 15) is 4.79 Å². The minimum Gasteiger partial charge on any atom is -0.460 e. The van der Waals surface area contributed by atoms with Gasteiger partial charge >= 0.3 is 0 Å². The van der Waals surface area contributed by atoms with Gasteiger partial charge in [0.05, 0.1) is 17.5 Å². The summed E-state index contributed by atoms with van der Waals surface area (Å²) in [6.07, 6.45) is 3.23. The molecule has 0 unspecified atom stereocenters. The number of fused-ring (bicyclic) bond motifs is 1. The standard InChI is InChI=1S/C17H15N3O2S/c1-12-7-8-14(22-12)10-19-20-16(21)11-23-15-6-2-4-13-5-3-9-18-17(13)15/h2-10H,11H2,1H3,(H,20,21)/b19-10-. The van der Waals surface area contributed by atoms with Crippen molar-refractivity contribution in [2.75, 3.05) is 5.75 Å². The van der Waals surface area contributed by atoms with Crippen LogP contribution in [0.1, 0.15) is 11.5 Å². The number of rotatable bonds is 5. The van der Waals surface area contributed by atoms with Crippen LogP contribution in [0.3, 0.4) is 0 Å².